The molecule has 0 radical (unpaired) electrons. The monoisotopic (exact) mass is 295 g/mol. The van der Waals surface area contributed by atoms with Crippen molar-refractivity contribution in [3.63, 3.8) is 0 Å². The highest BCUT2D eigenvalue weighted by Gasteiger charge is 2.25. The SMILES string of the molecule is Cc1c(NN)nc(C(C)C)nc1NC(CCO)C(C)(C)C. The molecular weight excluding hydrogens is 266 g/mol. The third-order valence-corrected chi connectivity index (χ3v) is 3.59. The number of hydrogen-bond donors (Lipinski definition) is 4. The minimum atomic E-state index is 0.00835. The average Bonchev–Trinajstić information content (AvgIpc) is 2.38. The van der Waals surface area contributed by atoms with Gasteiger partial charge in [0, 0.05) is 24.1 Å². The van der Waals surface area contributed by atoms with Crippen LogP contribution in [0.1, 0.15) is 58.3 Å². The number of nitrogens with two attached hydrogens (primary N) is 1. The standard InChI is InChI=1S/C15H29N5O/c1-9(2)12-18-13(10(3)14(19-12)20-16)17-11(7-8-21)15(4,5)6/h9,11,21H,7-8,16H2,1-6H3,(H2,17,18,19,20). The summed E-state index contributed by atoms with van der Waals surface area (Å²) in [5.41, 5.74) is 3.53. The summed E-state index contributed by atoms with van der Waals surface area (Å²) in [5.74, 6) is 7.92. The van der Waals surface area contributed by atoms with E-state index in [-0.39, 0.29) is 24.0 Å². The fourth-order valence-corrected chi connectivity index (χ4v) is 2.09. The van der Waals surface area contributed by atoms with Crippen molar-refractivity contribution in [2.24, 2.45) is 11.3 Å². The highest BCUT2D eigenvalue weighted by molar-refractivity contribution is 5.57. The minimum absolute atomic E-state index is 0.00835. The van der Waals surface area contributed by atoms with Gasteiger partial charge in [0.05, 0.1) is 0 Å². The molecule has 1 aromatic rings. The Kier molecular flexibility index (Phi) is 5.92. The van der Waals surface area contributed by atoms with E-state index in [1.54, 1.807) is 0 Å². The number of hydrogen-bond acceptors (Lipinski definition) is 6. The van der Waals surface area contributed by atoms with Crippen molar-refractivity contribution in [1.82, 2.24) is 9.97 Å². The lowest BCUT2D eigenvalue weighted by atomic mass is 9.85. The molecule has 1 rings (SSSR count). The predicted octanol–water partition coefficient (Wildman–Crippen LogP) is 2.40. The van der Waals surface area contributed by atoms with Gasteiger partial charge >= 0.3 is 0 Å². The van der Waals surface area contributed by atoms with Gasteiger partial charge in [-0.25, -0.2) is 15.8 Å². The normalized spacial score (nSPS) is 13.4. The van der Waals surface area contributed by atoms with Gasteiger partial charge in [-0.2, -0.15) is 0 Å². The highest BCUT2D eigenvalue weighted by Crippen LogP contribution is 2.28. The maximum absolute atomic E-state index is 9.29. The molecule has 0 aliphatic heterocycles. The van der Waals surface area contributed by atoms with Crippen LogP contribution in [0.4, 0.5) is 11.6 Å². The molecule has 0 fully saturated rings. The van der Waals surface area contributed by atoms with Crippen LogP contribution in [0, 0.1) is 12.3 Å². The molecule has 5 N–H and O–H groups in total. The molecule has 1 aromatic heterocycles. The molecule has 0 aromatic carbocycles. The van der Waals surface area contributed by atoms with Crippen LogP contribution in [0.3, 0.4) is 0 Å². The molecule has 0 aliphatic rings. The van der Waals surface area contributed by atoms with Crippen molar-refractivity contribution < 1.29 is 5.11 Å². The van der Waals surface area contributed by atoms with Gasteiger partial charge in [0.1, 0.15) is 17.5 Å². The summed E-state index contributed by atoms with van der Waals surface area (Å²) in [6.07, 6.45) is 0.662. The second-order valence-electron chi connectivity index (χ2n) is 6.78. The summed E-state index contributed by atoms with van der Waals surface area (Å²) in [6.45, 7) is 12.6. The van der Waals surface area contributed by atoms with Crippen LogP contribution in [-0.4, -0.2) is 27.7 Å². The maximum Gasteiger partial charge on any atom is 0.148 e. The topological polar surface area (TPSA) is 96.1 Å². The van der Waals surface area contributed by atoms with E-state index in [0.717, 1.165) is 17.2 Å². The van der Waals surface area contributed by atoms with Crippen molar-refractivity contribution in [2.75, 3.05) is 17.3 Å². The number of aliphatic hydroxyl groups is 1. The van der Waals surface area contributed by atoms with E-state index in [1.807, 2.05) is 20.8 Å². The summed E-state index contributed by atoms with van der Waals surface area (Å²) in [5, 5.41) is 12.7. The number of anilines is 2. The van der Waals surface area contributed by atoms with Crippen LogP contribution in [-0.2, 0) is 0 Å². The Hall–Kier alpha value is -1.40. The average molecular weight is 295 g/mol. The quantitative estimate of drug-likeness (QED) is 0.475. The number of hydrazine groups is 1. The number of nitrogens with one attached hydrogen (secondary N) is 2. The van der Waals surface area contributed by atoms with E-state index in [4.69, 9.17) is 5.84 Å². The Morgan fingerprint density at radius 1 is 1.19 bits per heavy atom. The second-order valence-corrected chi connectivity index (χ2v) is 6.78. The van der Waals surface area contributed by atoms with E-state index in [9.17, 15) is 5.11 Å². The number of aromatic nitrogens is 2. The van der Waals surface area contributed by atoms with Gasteiger partial charge in [0.2, 0.25) is 0 Å². The zero-order valence-electron chi connectivity index (χ0n) is 14.0. The Bertz CT molecular complexity index is 468. The number of nitrogen functional groups attached to an aromatic ring is 1. The van der Waals surface area contributed by atoms with E-state index in [1.165, 1.54) is 0 Å². The molecule has 0 saturated heterocycles. The molecule has 1 unspecified atom stereocenters. The van der Waals surface area contributed by atoms with Crippen molar-refractivity contribution in [3.05, 3.63) is 11.4 Å². The molecule has 120 valence electrons. The molecular formula is C15H29N5O. The third kappa shape index (κ3) is 4.54. The predicted molar refractivity (Wildman–Crippen MR) is 87.2 cm³/mol. The van der Waals surface area contributed by atoms with Crippen LogP contribution in [0.2, 0.25) is 0 Å². The second kappa shape index (κ2) is 7.04. The summed E-state index contributed by atoms with van der Waals surface area (Å²) in [6, 6.07) is 0.113. The molecule has 6 heteroatoms. The van der Waals surface area contributed by atoms with Crippen LogP contribution in [0.5, 0.6) is 0 Å². The highest BCUT2D eigenvalue weighted by atomic mass is 16.3. The lowest BCUT2D eigenvalue weighted by Crippen LogP contribution is -2.35. The first-order valence-corrected chi connectivity index (χ1v) is 7.43. The summed E-state index contributed by atoms with van der Waals surface area (Å²) >= 11 is 0. The van der Waals surface area contributed by atoms with Gasteiger partial charge in [-0.1, -0.05) is 34.6 Å². The van der Waals surface area contributed by atoms with E-state index < -0.39 is 0 Å². The van der Waals surface area contributed by atoms with Crippen molar-refractivity contribution in [2.45, 2.75) is 59.9 Å². The molecule has 1 atom stereocenters. The zero-order chi connectivity index (χ0) is 16.2. The van der Waals surface area contributed by atoms with Crippen molar-refractivity contribution >= 4 is 11.6 Å². The molecule has 0 aliphatic carbocycles. The molecule has 6 nitrogen and oxygen atoms in total. The van der Waals surface area contributed by atoms with E-state index >= 15 is 0 Å². The summed E-state index contributed by atoms with van der Waals surface area (Å²) < 4.78 is 0. The molecule has 0 spiro atoms. The third-order valence-electron chi connectivity index (χ3n) is 3.59. The van der Waals surface area contributed by atoms with Crippen molar-refractivity contribution in [1.29, 1.82) is 0 Å². The van der Waals surface area contributed by atoms with Crippen LogP contribution >= 0.6 is 0 Å². The zero-order valence-corrected chi connectivity index (χ0v) is 14.0. The van der Waals surface area contributed by atoms with Gasteiger partial charge < -0.3 is 15.8 Å². The number of aliphatic hydroxyl groups excluding tert-OH is 1. The first-order valence-electron chi connectivity index (χ1n) is 7.43. The molecule has 0 bridgehead atoms. The lowest BCUT2D eigenvalue weighted by molar-refractivity contribution is 0.235. The smallest absolute Gasteiger partial charge is 0.148 e. The Morgan fingerprint density at radius 2 is 1.76 bits per heavy atom. The van der Waals surface area contributed by atoms with Crippen LogP contribution in [0.15, 0.2) is 0 Å². The molecule has 0 saturated carbocycles. The van der Waals surface area contributed by atoms with Gasteiger partial charge in [-0.05, 0) is 18.8 Å². The first-order chi connectivity index (χ1) is 9.70. The Labute approximate surface area is 127 Å². The van der Waals surface area contributed by atoms with Gasteiger partial charge in [-0.15, -0.1) is 0 Å². The molecule has 0 amide bonds. The van der Waals surface area contributed by atoms with E-state index in [0.29, 0.717) is 12.2 Å². The Morgan fingerprint density at radius 3 is 2.19 bits per heavy atom. The maximum atomic E-state index is 9.29. The summed E-state index contributed by atoms with van der Waals surface area (Å²) in [4.78, 5) is 9.05. The van der Waals surface area contributed by atoms with Gasteiger partial charge in [0.15, 0.2) is 0 Å². The largest absolute Gasteiger partial charge is 0.396 e. The number of rotatable bonds is 6. The van der Waals surface area contributed by atoms with Gasteiger partial charge in [0.25, 0.3) is 0 Å². The fourth-order valence-electron chi connectivity index (χ4n) is 2.09. The van der Waals surface area contributed by atoms with Gasteiger partial charge in [-0.3, -0.25) is 0 Å². The van der Waals surface area contributed by atoms with Crippen LogP contribution < -0.4 is 16.6 Å². The summed E-state index contributed by atoms with van der Waals surface area (Å²) in [7, 11) is 0. The van der Waals surface area contributed by atoms with Crippen molar-refractivity contribution in [3.8, 4) is 0 Å². The first kappa shape index (κ1) is 17.7. The lowest BCUT2D eigenvalue weighted by Gasteiger charge is -2.32. The fraction of sp³-hybridized carbons (Fsp3) is 0.733. The molecule has 21 heavy (non-hydrogen) atoms. The number of nitrogens with zero attached hydrogens (tertiary/aromatic N) is 2. The Balaban J connectivity index is 3.18. The molecule has 1 heterocycles. The van der Waals surface area contributed by atoms with E-state index in [2.05, 4.69) is 41.5 Å². The van der Waals surface area contributed by atoms with Crippen LogP contribution in [0.25, 0.3) is 0 Å². The minimum Gasteiger partial charge on any atom is -0.396 e.